The number of aromatic carboxylic acids is 1. The number of aromatic nitrogens is 3. The molecule has 1 amide bonds. The van der Waals surface area contributed by atoms with Crippen LogP contribution in [0.4, 0.5) is 0 Å². The average molecular weight is 575 g/mol. The molecular weight excluding hydrogens is 540 g/mol. The van der Waals surface area contributed by atoms with Gasteiger partial charge in [-0.25, -0.2) is 9.78 Å². The predicted molar refractivity (Wildman–Crippen MR) is 166 cm³/mol. The number of carboxylic acids is 1. The maximum absolute atomic E-state index is 13.7. The van der Waals surface area contributed by atoms with Crippen molar-refractivity contribution in [1.82, 2.24) is 19.4 Å². The maximum Gasteiger partial charge on any atom is 0.335 e. The van der Waals surface area contributed by atoms with Gasteiger partial charge in [-0.1, -0.05) is 61.7 Å². The second-order valence-corrected chi connectivity index (χ2v) is 11.5. The van der Waals surface area contributed by atoms with Crippen molar-refractivity contribution in [3.63, 3.8) is 0 Å². The number of ether oxygens (including phenoxy) is 1. The summed E-state index contributed by atoms with van der Waals surface area (Å²) in [5.41, 5.74) is 7.52. The zero-order valence-corrected chi connectivity index (χ0v) is 24.0. The number of hydrogen-bond donors (Lipinski definition) is 1. The quantitative estimate of drug-likeness (QED) is 0.248. The second kappa shape index (κ2) is 11.6. The summed E-state index contributed by atoms with van der Waals surface area (Å²) in [4.78, 5) is 37.3. The molecule has 0 bridgehead atoms. The van der Waals surface area contributed by atoms with Gasteiger partial charge in [0, 0.05) is 29.6 Å². The van der Waals surface area contributed by atoms with Crippen LogP contribution >= 0.6 is 0 Å². The molecule has 1 saturated heterocycles. The van der Waals surface area contributed by atoms with Crippen LogP contribution in [0.2, 0.25) is 0 Å². The first-order chi connectivity index (χ1) is 21.1. The number of fused-ring (bicyclic) bond motifs is 2. The molecule has 8 nitrogen and oxygen atoms in total. The first kappa shape index (κ1) is 27.3. The summed E-state index contributed by atoms with van der Waals surface area (Å²) in [5.74, 6) is -0.653. The highest BCUT2D eigenvalue weighted by Crippen LogP contribution is 2.44. The smallest absolute Gasteiger partial charge is 0.335 e. The third kappa shape index (κ3) is 5.27. The van der Waals surface area contributed by atoms with Crippen molar-refractivity contribution >= 4 is 33.8 Å². The van der Waals surface area contributed by atoms with E-state index in [9.17, 15) is 14.7 Å². The van der Waals surface area contributed by atoms with Gasteiger partial charge in [0.05, 0.1) is 52.9 Å². The number of rotatable bonds is 6. The van der Waals surface area contributed by atoms with Crippen molar-refractivity contribution < 1.29 is 19.4 Å². The van der Waals surface area contributed by atoms with Crippen molar-refractivity contribution in [3.05, 3.63) is 84.1 Å². The molecule has 1 aliphatic heterocycles. The Morgan fingerprint density at radius 1 is 0.884 bits per heavy atom. The molecule has 5 aromatic rings. The van der Waals surface area contributed by atoms with E-state index in [1.165, 1.54) is 12.0 Å². The lowest BCUT2D eigenvalue weighted by Crippen LogP contribution is -2.42. The van der Waals surface area contributed by atoms with Crippen molar-refractivity contribution in [3.8, 4) is 22.5 Å². The molecule has 0 spiro atoms. The van der Waals surface area contributed by atoms with Gasteiger partial charge in [-0.3, -0.25) is 9.78 Å². The summed E-state index contributed by atoms with van der Waals surface area (Å²) < 4.78 is 7.54. The van der Waals surface area contributed by atoms with Gasteiger partial charge in [-0.2, -0.15) is 0 Å². The van der Waals surface area contributed by atoms with Crippen LogP contribution in [0, 0.1) is 0 Å². The number of carbonyl (C=O) groups excluding carboxylic acids is 1. The largest absolute Gasteiger partial charge is 0.478 e. The standard InChI is InChI=1S/C35H34N4O4/c40-32(38-15-17-43-18-16-38)22-39-31-20-26(35(41)42)11-13-27(31)33(24-9-5-2-6-10-24)34(39)25-12-14-28-29(19-25)36-21-30(37-28)23-7-3-1-4-8-23/h1,3-4,7-8,11-14,19-21,24H,2,5-6,9-10,15-18,22H2,(H,41,42). The van der Waals surface area contributed by atoms with Crippen LogP contribution in [0.25, 0.3) is 44.5 Å². The molecule has 0 unspecified atom stereocenters. The van der Waals surface area contributed by atoms with E-state index in [1.807, 2.05) is 47.4 Å². The van der Waals surface area contributed by atoms with Gasteiger partial charge in [0.1, 0.15) is 6.54 Å². The van der Waals surface area contributed by atoms with Gasteiger partial charge in [-0.05, 0) is 48.6 Å². The Morgan fingerprint density at radius 3 is 2.44 bits per heavy atom. The van der Waals surface area contributed by atoms with Gasteiger partial charge in [-0.15, -0.1) is 0 Å². The van der Waals surface area contributed by atoms with E-state index >= 15 is 0 Å². The van der Waals surface area contributed by atoms with Gasteiger partial charge < -0.3 is 19.3 Å². The summed E-state index contributed by atoms with van der Waals surface area (Å²) >= 11 is 0. The molecule has 1 N–H and O–H groups in total. The summed E-state index contributed by atoms with van der Waals surface area (Å²) in [6.45, 7) is 2.28. The fourth-order valence-corrected chi connectivity index (χ4v) is 6.74. The van der Waals surface area contributed by atoms with Crippen LogP contribution in [-0.2, 0) is 16.1 Å². The molecule has 7 rings (SSSR count). The first-order valence-corrected chi connectivity index (χ1v) is 15.1. The first-order valence-electron chi connectivity index (χ1n) is 15.1. The van der Waals surface area contributed by atoms with E-state index in [-0.39, 0.29) is 18.0 Å². The molecule has 2 aliphatic rings. The molecule has 3 heterocycles. The van der Waals surface area contributed by atoms with Crippen LogP contribution in [-0.4, -0.2) is 62.7 Å². The summed E-state index contributed by atoms with van der Waals surface area (Å²) in [5, 5.41) is 10.9. The van der Waals surface area contributed by atoms with Crippen molar-refractivity contribution in [2.24, 2.45) is 0 Å². The normalized spacial score (nSPS) is 16.1. The molecule has 3 aromatic carbocycles. The van der Waals surface area contributed by atoms with Crippen molar-refractivity contribution in [1.29, 1.82) is 0 Å². The minimum Gasteiger partial charge on any atom is -0.478 e. The minimum atomic E-state index is -0.981. The van der Waals surface area contributed by atoms with E-state index in [4.69, 9.17) is 14.7 Å². The van der Waals surface area contributed by atoms with Crippen LogP contribution in [0.5, 0.6) is 0 Å². The lowest BCUT2D eigenvalue weighted by atomic mass is 9.81. The minimum absolute atomic E-state index is 0.00505. The van der Waals surface area contributed by atoms with Crippen LogP contribution in [0.3, 0.4) is 0 Å². The van der Waals surface area contributed by atoms with Crippen molar-refractivity contribution in [2.45, 2.75) is 44.6 Å². The Bertz CT molecular complexity index is 1820. The van der Waals surface area contributed by atoms with Crippen LogP contribution in [0.1, 0.15) is 53.9 Å². The third-order valence-electron chi connectivity index (χ3n) is 8.91. The Labute approximate surface area is 249 Å². The monoisotopic (exact) mass is 574 g/mol. The summed E-state index contributed by atoms with van der Waals surface area (Å²) in [7, 11) is 0. The molecule has 2 aromatic heterocycles. The molecule has 1 saturated carbocycles. The molecule has 43 heavy (non-hydrogen) atoms. The highest BCUT2D eigenvalue weighted by atomic mass is 16.5. The molecule has 0 atom stereocenters. The topological polar surface area (TPSA) is 97.5 Å². The van der Waals surface area contributed by atoms with E-state index in [0.717, 1.165) is 70.1 Å². The fraction of sp³-hybridized carbons (Fsp3) is 0.314. The van der Waals surface area contributed by atoms with E-state index in [2.05, 4.69) is 16.7 Å². The van der Waals surface area contributed by atoms with Gasteiger partial charge in [0.2, 0.25) is 5.91 Å². The lowest BCUT2D eigenvalue weighted by molar-refractivity contribution is -0.135. The zero-order valence-electron chi connectivity index (χ0n) is 24.0. The van der Waals surface area contributed by atoms with E-state index in [0.29, 0.717) is 32.2 Å². The van der Waals surface area contributed by atoms with Crippen molar-refractivity contribution in [2.75, 3.05) is 26.3 Å². The van der Waals surface area contributed by atoms with Gasteiger partial charge in [0.15, 0.2) is 0 Å². The van der Waals surface area contributed by atoms with E-state index in [1.54, 1.807) is 18.3 Å². The third-order valence-corrected chi connectivity index (χ3v) is 8.91. The Morgan fingerprint density at radius 2 is 1.67 bits per heavy atom. The van der Waals surface area contributed by atoms with Crippen LogP contribution in [0.15, 0.2) is 72.9 Å². The number of benzene rings is 3. The Kier molecular flexibility index (Phi) is 7.37. The van der Waals surface area contributed by atoms with E-state index < -0.39 is 5.97 Å². The highest BCUT2D eigenvalue weighted by Gasteiger charge is 2.29. The van der Waals surface area contributed by atoms with Gasteiger partial charge in [0.25, 0.3) is 0 Å². The fourth-order valence-electron chi connectivity index (χ4n) is 6.74. The van der Waals surface area contributed by atoms with Gasteiger partial charge >= 0.3 is 5.97 Å². The Balaban J connectivity index is 1.41. The zero-order chi connectivity index (χ0) is 29.3. The molecule has 2 fully saturated rings. The second-order valence-electron chi connectivity index (χ2n) is 11.5. The molecule has 1 aliphatic carbocycles. The summed E-state index contributed by atoms with van der Waals surface area (Å²) in [6.07, 6.45) is 7.47. The average Bonchev–Trinajstić information content (AvgIpc) is 3.38. The number of nitrogens with zero attached hydrogens (tertiary/aromatic N) is 4. The summed E-state index contributed by atoms with van der Waals surface area (Å²) in [6, 6.07) is 21.5. The molecular formula is C35H34N4O4. The number of carbonyl (C=O) groups is 2. The predicted octanol–water partition coefficient (Wildman–Crippen LogP) is 6.52. The SMILES string of the molecule is O=C(O)c1ccc2c(C3CCCCC3)c(-c3ccc4nc(-c5ccccc5)cnc4c3)n(CC(=O)N3CCOCC3)c2c1. The van der Waals surface area contributed by atoms with Crippen LogP contribution < -0.4 is 0 Å². The molecule has 218 valence electrons. The maximum atomic E-state index is 13.7. The number of hydrogen-bond acceptors (Lipinski definition) is 5. The number of carboxylic acid groups (broad SMARTS) is 1. The number of morpholine rings is 1. The number of amides is 1. The molecule has 8 heteroatoms. The Hall–Kier alpha value is -4.56. The lowest BCUT2D eigenvalue weighted by Gasteiger charge is -2.28. The highest BCUT2D eigenvalue weighted by molar-refractivity contribution is 5.99. The molecule has 0 radical (unpaired) electrons.